The van der Waals surface area contributed by atoms with Crippen LogP contribution in [0.25, 0.3) is 21.8 Å². The van der Waals surface area contributed by atoms with Crippen LogP contribution >= 0.6 is 0 Å². The van der Waals surface area contributed by atoms with Gasteiger partial charge in [0, 0.05) is 47.0 Å². The molecule has 28 nitrogen and oxygen atoms in total. The maximum atomic E-state index is 15.0. The maximum absolute atomic E-state index is 15.0. The number of para-hydroxylation sites is 2. The number of carbonyl (C=O) groups excluding carboxylic acids is 8. The molecule has 2 saturated heterocycles. The Morgan fingerprint density at radius 3 is 1.34 bits per heavy atom. The molecule has 83 heavy (non-hydrogen) atoms. The van der Waals surface area contributed by atoms with Gasteiger partial charge in [0.2, 0.25) is 47.3 Å². The minimum Gasteiger partial charge on any atom is -0.394 e. The average molecular weight is 1160 g/mol. The van der Waals surface area contributed by atoms with Crippen molar-refractivity contribution < 1.29 is 73.4 Å². The number of unbranched alkanes of at least 4 members (excludes halogenated alkanes) is 2. The molecule has 2 aromatic heterocycles. The standard InChI is InChI=1S/C55H81N13O15/c1-28(2)19-37-49(76)65-39(21-30-23-60-34-14-6-4-12-32(30)34)51(78)68-42(27-82-55-44(58)46(73)45(72)43(26-71)83-55)54(81)67-41(25-70)53(80)62-36(16-8-10-18-57)48(75)66-40(24-69)52(79)61-35(15-7-9-17-56)47(74)64-38(50(77)63-37)20-29-22-59-33-13-5-3-11-31(29)33/h3-6,11-14,22-23,28,35-46,55,59-60,69-73H,7-10,15-21,24-27,56-58H2,1-2H3,(H,61,79)(H,62,80)(H,63,77)(H,64,74)(H,65,76)(H,66,75)(H,67,81)(H,68,78)/t35-,36-,37-,38+,39+,40+,41+,42-,43-,44-,45-,46-,55-/m1/s1. The molecular formula is C55H81N13O15. The summed E-state index contributed by atoms with van der Waals surface area (Å²) in [5.41, 5.74) is 20.2. The summed E-state index contributed by atoms with van der Waals surface area (Å²) in [6, 6.07) is 0.175. The summed E-state index contributed by atoms with van der Waals surface area (Å²) in [5, 5.41) is 74.3. The Balaban J connectivity index is 1.44. The summed E-state index contributed by atoms with van der Waals surface area (Å²) in [7, 11) is 0. The van der Waals surface area contributed by atoms with Crippen molar-refractivity contribution in [1.82, 2.24) is 52.5 Å². The number of aliphatic hydroxyl groups excluding tert-OH is 5. The van der Waals surface area contributed by atoms with E-state index in [0.717, 1.165) is 10.9 Å². The summed E-state index contributed by atoms with van der Waals surface area (Å²) in [6.07, 6.45) is -2.24. The maximum Gasteiger partial charge on any atom is 0.245 e. The molecule has 4 aromatic rings. The van der Waals surface area contributed by atoms with E-state index < -0.39 is 153 Å². The number of H-pyrrole nitrogens is 2. The number of fused-ring (bicyclic) bond motifs is 2. The second-order valence-corrected chi connectivity index (χ2v) is 21.3. The van der Waals surface area contributed by atoms with Gasteiger partial charge in [0.05, 0.1) is 32.5 Å². The lowest BCUT2D eigenvalue weighted by atomic mass is 9.98. The predicted molar refractivity (Wildman–Crippen MR) is 301 cm³/mol. The summed E-state index contributed by atoms with van der Waals surface area (Å²) in [5.74, 6) is -8.13. The van der Waals surface area contributed by atoms with Crippen LogP contribution in [0.5, 0.6) is 0 Å². The number of hydrogen-bond donors (Lipinski definition) is 18. The first-order chi connectivity index (χ1) is 39.8. The highest BCUT2D eigenvalue weighted by atomic mass is 16.7. The minimum absolute atomic E-state index is 0.00677. The molecule has 4 heterocycles. The van der Waals surface area contributed by atoms with Crippen molar-refractivity contribution in [2.75, 3.05) is 39.5 Å². The van der Waals surface area contributed by atoms with E-state index in [9.17, 15) is 63.9 Å². The van der Waals surface area contributed by atoms with Crippen LogP contribution in [0.3, 0.4) is 0 Å². The van der Waals surface area contributed by atoms with Crippen molar-refractivity contribution in [2.24, 2.45) is 23.1 Å². The summed E-state index contributed by atoms with van der Waals surface area (Å²) >= 11 is 0. The topological polar surface area (TPSA) is 462 Å². The van der Waals surface area contributed by atoms with Crippen LogP contribution in [0.4, 0.5) is 0 Å². The molecule has 0 aliphatic carbocycles. The number of nitrogens with one attached hydrogen (secondary N) is 10. The van der Waals surface area contributed by atoms with E-state index in [-0.39, 0.29) is 57.5 Å². The zero-order valence-corrected chi connectivity index (χ0v) is 46.5. The lowest BCUT2D eigenvalue weighted by molar-refractivity contribution is -0.266. The van der Waals surface area contributed by atoms with Crippen molar-refractivity contribution in [2.45, 2.75) is 151 Å². The van der Waals surface area contributed by atoms with E-state index in [4.69, 9.17) is 26.7 Å². The molecular weight excluding hydrogens is 1080 g/mol. The molecule has 28 heteroatoms. The smallest absolute Gasteiger partial charge is 0.245 e. The number of aromatic nitrogens is 2. The fourth-order valence-corrected chi connectivity index (χ4v) is 9.88. The molecule has 13 atom stereocenters. The minimum atomic E-state index is -1.86. The Bertz CT molecular complexity index is 2830. The van der Waals surface area contributed by atoms with E-state index in [1.54, 1.807) is 56.6 Å². The molecule has 2 fully saturated rings. The Labute approximate surface area is 478 Å². The van der Waals surface area contributed by atoms with Gasteiger partial charge in [0.15, 0.2) is 6.29 Å². The third kappa shape index (κ3) is 17.7. The second-order valence-electron chi connectivity index (χ2n) is 21.3. The van der Waals surface area contributed by atoms with Crippen LogP contribution in [0, 0.1) is 5.92 Å². The number of rotatable bonds is 20. The highest BCUT2D eigenvalue weighted by Crippen LogP contribution is 2.23. The van der Waals surface area contributed by atoms with E-state index in [0.29, 0.717) is 41.3 Å². The summed E-state index contributed by atoms with van der Waals surface area (Å²) in [4.78, 5) is 122. The van der Waals surface area contributed by atoms with Gasteiger partial charge in [-0.3, -0.25) is 38.4 Å². The Hall–Kier alpha value is -7.12. The van der Waals surface area contributed by atoms with Gasteiger partial charge in [-0.1, -0.05) is 50.2 Å². The van der Waals surface area contributed by atoms with Gasteiger partial charge in [-0.05, 0) is 87.2 Å². The lowest BCUT2D eigenvalue weighted by Crippen LogP contribution is -2.64. The Morgan fingerprint density at radius 1 is 0.506 bits per heavy atom. The van der Waals surface area contributed by atoms with Crippen LogP contribution in [-0.4, -0.2) is 201 Å². The first-order valence-corrected chi connectivity index (χ1v) is 27.9. The number of carbonyl (C=O) groups is 8. The van der Waals surface area contributed by atoms with E-state index in [2.05, 4.69) is 52.5 Å². The number of aromatic amines is 2. The number of hydrogen-bond acceptors (Lipinski definition) is 18. The number of nitrogens with two attached hydrogens (primary N) is 3. The van der Waals surface area contributed by atoms with Gasteiger partial charge in [-0.25, -0.2) is 0 Å². The van der Waals surface area contributed by atoms with Gasteiger partial charge in [-0.2, -0.15) is 0 Å². The van der Waals surface area contributed by atoms with Crippen molar-refractivity contribution >= 4 is 69.1 Å². The lowest BCUT2D eigenvalue weighted by Gasteiger charge is -2.40. The van der Waals surface area contributed by atoms with Crippen molar-refractivity contribution in [1.29, 1.82) is 0 Å². The van der Waals surface area contributed by atoms with Gasteiger partial charge >= 0.3 is 0 Å². The number of amides is 8. The predicted octanol–water partition coefficient (Wildman–Crippen LogP) is -4.60. The number of aliphatic hydroxyl groups is 5. The summed E-state index contributed by atoms with van der Waals surface area (Å²) in [6.45, 7) is 0.272. The SMILES string of the molecule is CC(C)C[C@H]1NC(=O)[C@H](Cc2c[nH]c3ccccc23)NC(=O)[C@@H](CCCCN)NC(=O)[C@H](CO)NC(=O)[C@@H](CCCCN)NC(=O)[C@H](CO)NC(=O)[C@@H](CO[C@@H]2O[C@H](CO)[C@@H](O)[C@H](O)[C@H]2N)NC(=O)[C@H](Cc2c[nH]c3ccccc23)NC1=O. The molecule has 0 saturated carbocycles. The van der Waals surface area contributed by atoms with Crippen LogP contribution in [0.2, 0.25) is 0 Å². The van der Waals surface area contributed by atoms with Gasteiger partial charge in [0.1, 0.15) is 66.6 Å². The monoisotopic (exact) mass is 1160 g/mol. The third-order valence-corrected chi connectivity index (χ3v) is 14.6. The second kappa shape index (κ2) is 31.5. The van der Waals surface area contributed by atoms with Crippen molar-refractivity contribution in [3.8, 4) is 0 Å². The molecule has 2 aliphatic rings. The quantitative estimate of drug-likeness (QED) is 0.0370. The first-order valence-electron chi connectivity index (χ1n) is 27.9. The van der Waals surface area contributed by atoms with Crippen molar-refractivity contribution in [3.05, 3.63) is 72.1 Å². The first kappa shape index (κ1) is 65.0. The molecule has 456 valence electrons. The largest absolute Gasteiger partial charge is 0.394 e. The average Bonchev–Trinajstić information content (AvgIpc) is 4.16. The highest BCUT2D eigenvalue weighted by molar-refractivity contribution is 5.99. The van der Waals surface area contributed by atoms with Crippen LogP contribution in [0.15, 0.2) is 60.9 Å². The third-order valence-electron chi connectivity index (χ3n) is 14.6. The van der Waals surface area contributed by atoms with Crippen LogP contribution in [-0.2, 0) is 60.7 Å². The number of ether oxygens (including phenoxy) is 2. The summed E-state index contributed by atoms with van der Waals surface area (Å²) < 4.78 is 11.5. The van der Waals surface area contributed by atoms with E-state index in [1.807, 2.05) is 18.2 Å². The molecule has 6 rings (SSSR count). The fraction of sp³-hybridized carbons (Fsp3) is 0.564. The molecule has 0 radical (unpaired) electrons. The Kier molecular flexibility index (Phi) is 24.7. The van der Waals surface area contributed by atoms with Crippen LogP contribution < -0.4 is 59.7 Å². The van der Waals surface area contributed by atoms with Crippen LogP contribution in [0.1, 0.15) is 69.9 Å². The fourth-order valence-electron chi connectivity index (χ4n) is 9.88. The highest BCUT2D eigenvalue weighted by Gasteiger charge is 2.44. The number of benzene rings is 2. The van der Waals surface area contributed by atoms with Gasteiger partial charge in [-0.15, -0.1) is 0 Å². The Morgan fingerprint density at radius 2 is 0.892 bits per heavy atom. The zero-order chi connectivity index (χ0) is 60.3. The molecule has 0 unspecified atom stereocenters. The van der Waals surface area contributed by atoms with Crippen molar-refractivity contribution in [3.63, 3.8) is 0 Å². The molecule has 21 N–H and O–H groups in total. The normalized spacial score (nSPS) is 27.9. The van der Waals surface area contributed by atoms with Gasteiger partial charge in [0.25, 0.3) is 0 Å². The van der Waals surface area contributed by atoms with E-state index >= 15 is 0 Å². The molecule has 2 aliphatic heterocycles. The molecule has 0 bridgehead atoms. The molecule has 0 spiro atoms. The molecule has 8 amide bonds. The van der Waals surface area contributed by atoms with Gasteiger partial charge < -0.3 is 105 Å². The molecule has 2 aromatic carbocycles. The van der Waals surface area contributed by atoms with E-state index in [1.165, 1.54) is 0 Å². The zero-order valence-electron chi connectivity index (χ0n) is 46.5.